The number of nitrogens with one attached hydrogen (secondary N) is 2. The van der Waals surface area contributed by atoms with Gasteiger partial charge in [0, 0.05) is 31.0 Å². The molecule has 4 aromatic rings. The van der Waals surface area contributed by atoms with Gasteiger partial charge in [-0.3, -0.25) is 9.78 Å². The second-order valence-electron chi connectivity index (χ2n) is 10.0. The summed E-state index contributed by atoms with van der Waals surface area (Å²) in [6.45, 7) is 2.19. The highest BCUT2D eigenvalue weighted by molar-refractivity contribution is 7.91. The quantitative estimate of drug-likeness (QED) is 0.214. The predicted octanol–water partition coefficient (Wildman–Crippen LogP) is 6.52. The van der Waals surface area contributed by atoms with Crippen molar-refractivity contribution in [2.75, 3.05) is 11.9 Å². The summed E-state index contributed by atoms with van der Waals surface area (Å²) in [5.74, 6) is 0.00175. The maximum atomic E-state index is 13.3. The lowest BCUT2D eigenvalue weighted by Gasteiger charge is -2.23. The van der Waals surface area contributed by atoms with Gasteiger partial charge in [0.2, 0.25) is 5.91 Å². The molecule has 1 aliphatic rings. The lowest BCUT2D eigenvalue weighted by Crippen LogP contribution is -2.45. The van der Waals surface area contributed by atoms with Crippen molar-refractivity contribution in [3.05, 3.63) is 94.1 Å². The van der Waals surface area contributed by atoms with Crippen LogP contribution in [0.2, 0.25) is 4.34 Å². The minimum absolute atomic E-state index is 0.0442. The maximum Gasteiger partial charge on any atom is 0.416 e. The zero-order chi connectivity index (χ0) is 30.8. The van der Waals surface area contributed by atoms with Gasteiger partial charge in [-0.1, -0.05) is 23.7 Å². The van der Waals surface area contributed by atoms with Crippen molar-refractivity contribution in [2.45, 2.75) is 48.8 Å². The molecule has 1 fully saturated rings. The Hall–Kier alpha value is -3.52. The first-order valence-electron chi connectivity index (χ1n) is 13.3. The Bertz CT molecular complexity index is 1700. The van der Waals surface area contributed by atoms with Gasteiger partial charge in [0.25, 0.3) is 10.0 Å². The molecule has 0 saturated carbocycles. The molecule has 1 aliphatic heterocycles. The van der Waals surface area contributed by atoms with E-state index in [-0.39, 0.29) is 23.3 Å². The Balaban J connectivity index is 1.38. The molecule has 1 saturated heterocycles. The summed E-state index contributed by atoms with van der Waals surface area (Å²) in [6.07, 6.45) is -0.236. The van der Waals surface area contributed by atoms with Crippen LogP contribution in [0, 0.1) is 0 Å². The van der Waals surface area contributed by atoms with Gasteiger partial charge in [0.1, 0.15) is 16.1 Å². The van der Waals surface area contributed by atoms with Gasteiger partial charge in [-0.15, -0.1) is 11.3 Å². The van der Waals surface area contributed by atoms with Crippen LogP contribution >= 0.6 is 22.9 Å². The SMILES string of the molecule is CC(Nc1cc(CNC(=O)C2CCCN2S(=O)(=O)c2ccc(Cl)s2)cc(-c2ccc(C(F)(F)F)cc2)n1)c1ccncc1. The number of hydrogen-bond donors (Lipinski definition) is 2. The van der Waals surface area contributed by atoms with Crippen LogP contribution in [-0.2, 0) is 27.5 Å². The molecule has 0 radical (unpaired) electrons. The number of sulfonamides is 1. The third kappa shape index (κ3) is 7.18. The summed E-state index contributed by atoms with van der Waals surface area (Å²) in [6, 6.07) is 13.7. The van der Waals surface area contributed by atoms with Gasteiger partial charge in [0.15, 0.2) is 0 Å². The number of anilines is 1. The molecule has 226 valence electrons. The second kappa shape index (κ2) is 12.6. The van der Waals surface area contributed by atoms with Crippen molar-refractivity contribution in [3.8, 4) is 11.3 Å². The number of pyridine rings is 2. The van der Waals surface area contributed by atoms with Crippen LogP contribution in [0.5, 0.6) is 0 Å². The van der Waals surface area contributed by atoms with Crippen LogP contribution in [0.15, 0.2) is 77.3 Å². The molecular formula is C29H27ClF3N5O3S2. The van der Waals surface area contributed by atoms with E-state index in [0.717, 1.165) is 29.0 Å². The largest absolute Gasteiger partial charge is 0.416 e. The summed E-state index contributed by atoms with van der Waals surface area (Å²) >= 11 is 6.88. The van der Waals surface area contributed by atoms with E-state index >= 15 is 0 Å². The molecule has 14 heteroatoms. The molecule has 3 aromatic heterocycles. The van der Waals surface area contributed by atoms with Crippen LogP contribution in [0.3, 0.4) is 0 Å². The minimum Gasteiger partial charge on any atom is -0.364 e. The van der Waals surface area contributed by atoms with Crippen LogP contribution in [0.4, 0.5) is 19.0 Å². The number of rotatable bonds is 9. The number of aromatic nitrogens is 2. The number of amides is 1. The Morgan fingerprint density at radius 2 is 1.84 bits per heavy atom. The average Bonchev–Trinajstić information content (AvgIpc) is 3.66. The number of nitrogens with zero attached hydrogens (tertiary/aromatic N) is 3. The van der Waals surface area contributed by atoms with E-state index < -0.39 is 33.7 Å². The fraction of sp³-hybridized carbons (Fsp3) is 0.276. The zero-order valence-corrected chi connectivity index (χ0v) is 25.2. The second-order valence-corrected chi connectivity index (χ2v) is 13.9. The normalized spacial score (nSPS) is 16.6. The molecular weight excluding hydrogens is 623 g/mol. The molecule has 1 amide bonds. The Morgan fingerprint density at radius 1 is 1.12 bits per heavy atom. The Morgan fingerprint density at radius 3 is 2.49 bits per heavy atom. The average molecular weight is 650 g/mol. The van der Waals surface area contributed by atoms with E-state index in [1.54, 1.807) is 24.5 Å². The number of hydrogen-bond acceptors (Lipinski definition) is 7. The molecule has 0 aliphatic carbocycles. The Kier molecular flexibility index (Phi) is 9.07. The number of carbonyl (C=O) groups is 1. The van der Waals surface area contributed by atoms with Crippen molar-refractivity contribution in [2.24, 2.45) is 0 Å². The smallest absolute Gasteiger partial charge is 0.364 e. The maximum absolute atomic E-state index is 13.3. The van der Waals surface area contributed by atoms with Crippen molar-refractivity contribution >= 4 is 44.7 Å². The molecule has 0 bridgehead atoms. The lowest BCUT2D eigenvalue weighted by atomic mass is 10.1. The predicted molar refractivity (Wildman–Crippen MR) is 159 cm³/mol. The topological polar surface area (TPSA) is 104 Å². The van der Waals surface area contributed by atoms with E-state index in [1.165, 1.54) is 28.6 Å². The first kappa shape index (κ1) is 30.9. The molecule has 8 nitrogen and oxygen atoms in total. The fourth-order valence-electron chi connectivity index (χ4n) is 4.85. The number of benzene rings is 1. The Labute approximate surface area is 256 Å². The van der Waals surface area contributed by atoms with Crippen molar-refractivity contribution in [1.29, 1.82) is 0 Å². The molecule has 4 heterocycles. The van der Waals surface area contributed by atoms with Crippen molar-refractivity contribution < 1.29 is 26.4 Å². The summed E-state index contributed by atoms with van der Waals surface area (Å²) in [7, 11) is -3.90. The van der Waals surface area contributed by atoms with E-state index in [9.17, 15) is 26.4 Å². The molecule has 0 spiro atoms. The monoisotopic (exact) mass is 649 g/mol. The number of carbonyl (C=O) groups excluding carboxylic acids is 1. The first-order chi connectivity index (χ1) is 20.4. The first-order valence-corrected chi connectivity index (χ1v) is 16.0. The van der Waals surface area contributed by atoms with Gasteiger partial charge >= 0.3 is 6.18 Å². The molecule has 2 atom stereocenters. The highest BCUT2D eigenvalue weighted by Gasteiger charge is 2.40. The summed E-state index contributed by atoms with van der Waals surface area (Å²) in [4.78, 5) is 21.9. The fourth-order valence-corrected chi connectivity index (χ4v) is 8.12. The number of halogens is 4. The van der Waals surface area contributed by atoms with Crippen LogP contribution in [-0.4, -0.2) is 41.2 Å². The summed E-state index contributed by atoms with van der Waals surface area (Å²) in [5.41, 5.74) is 1.67. The summed E-state index contributed by atoms with van der Waals surface area (Å²) < 4.78 is 67.4. The van der Waals surface area contributed by atoms with Gasteiger partial charge in [0.05, 0.1) is 21.6 Å². The molecule has 1 aromatic carbocycles. The van der Waals surface area contributed by atoms with Crippen molar-refractivity contribution in [3.63, 3.8) is 0 Å². The molecule has 2 N–H and O–H groups in total. The molecule has 43 heavy (non-hydrogen) atoms. The van der Waals surface area contributed by atoms with Gasteiger partial charge in [-0.2, -0.15) is 17.5 Å². The van der Waals surface area contributed by atoms with Crippen molar-refractivity contribution in [1.82, 2.24) is 19.6 Å². The van der Waals surface area contributed by atoms with Crippen LogP contribution in [0.1, 0.15) is 42.5 Å². The van der Waals surface area contributed by atoms with E-state index in [0.29, 0.717) is 39.8 Å². The van der Waals surface area contributed by atoms with Gasteiger partial charge < -0.3 is 10.6 Å². The van der Waals surface area contributed by atoms with E-state index in [2.05, 4.69) is 20.6 Å². The summed E-state index contributed by atoms with van der Waals surface area (Å²) in [5, 5.41) is 6.14. The lowest BCUT2D eigenvalue weighted by molar-refractivity contribution is -0.137. The van der Waals surface area contributed by atoms with Gasteiger partial charge in [-0.05, 0) is 79.4 Å². The highest BCUT2D eigenvalue weighted by atomic mass is 35.5. The molecule has 2 unspecified atom stereocenters. The van der Waals surface area contributed by atoms with Crippen LogP contribution < -0.4 is 10.6 Å². The standard InChI is InChI=1S/C29H27ClF3N5O3S2/c1-18(20-10-12-34-13-11-20)36-26-16-19(15-23(37-26)21-4-6-22(7-5-21)29(31,32)33)17-35-28(39)24-3-2-14-38(24)43(40,41)27-9-8-25(30)42-27/h4-13,15-16,18,24H,2-3,14,17H2,1H3,(H,35,39)(H,36,37). The highest BCUT2D eigenvalue weighted by Crippen LogP contribution is 2.33. The zero-order valence-electron chi connectivity index (χ0n) is 22.8. The molecule has 5 rings (SSSR count). The number of thiophene rings is 1. The van der Waals surface area contributed by atoms with Crippen LogP contribution in [0.25, 0.3) is 11.3 Å². The number of alkyl halides is 3. The van der Waals surface area contributed by atoms with Gasteiger partial charge in [-0.25, -0.2) is 13.4 Å². The third-order valence-electron chi connectivity index (χ3n) is 7.05. The third-order valence-corrected chi connectivity index (χ3v) is 10.7. The van der Waals surface area contributed by atoms with E-state index in [4.69, 9.17) is 11.6 Å². The minimum atomic E-state index is -4.47. The van der Waals surface area contributed by atoms with E-state index in [1.807, 2.05) is 19.1 Å².